The van der Waals surface area contributed by atoms with E-state index in [2.05, 4.69) is 10.5 Å². The SMILES string of the molecule is O=C(Cc1ccccc1[N+](=O)[O-])N/N=C/c1ccc(OCc2ccc(Cl)cc2)cc1. The Morgan fingerprint density at radius 2 is 1.77 bits per heavy atom. The maximum Gasteiger partial charge on any atom is 0.273 e. The van der Waals surface area contributed by atoms with Crippen molar-refractivity contribution in [3.63, 3.8) is 0 Å². The lowest BCUT2D eigenvalue weighted by molar-refractivity contribution is -0.385. The number of ether oxygens (including phenoxy) is 1. The van der Waals surface area contributed by atoms with Gasteiger partial charge in [-0.25, -0.2) is 5.43 Å². The summed E-state index contributed by atoms with van der Waals surface area (Å²) in [5.41, 5.74) is 4.39. The Kier molecular flexibility index (Phi) is 7.13. The van der Waals surface area contributed by atoms with E-state index >= 15 is 0 Å². The highest BCUT2D eigenvalue weighted by Crippen LogP contribution is 2.18. The highest BCUT2D eigenvalue weighted by atomic mass is 35.5. The van der Waals surface area contributed by atoms with Gasteiger partial charge in [-0.3, -0.25) is 14.9 Å². The zero-order valence-electron chi connectivity index (χ0n) is 15.8. The molecule has 0 fully saturated rings. The van der Waals surface area contributed by atoms with Crippen LogP contribution in [0, 0.1) is 10.1 Å². The molecule has 3 aromatic carbocycles. The van der Waals surface area contributed by atoms with Crippen molar-refractivity contribution in [3.8, 4) is 5.75 Å². The van der Waals surface area contributed by atoms with Crippen LogP contribution in [0.5, 0.6) is 5.75 Å². The largest absolute Gasteiger partial charge is 0.489 e. The number of carbonyl (C=O) groups excluding carboxylic acids is 1. The third kappa shape index (κ3) is 6.15. The molecule has 0 aliphatic carbocycles. The summed E-state index contributed by atoms with van der Waals surface area (Å²) in [5, 5.41) is 15.6. The molecule has 3 aromatic rings. The van der Waals surface area contributed by atoms with Crippen molar-refractivity contribution in [2.75, 3.05) is 0 Å². The summed E-state index contributed by atoms with van der Waals surface area (Å²) in [4.78, 5) is 22.5. The van der Waals surface area contributed by atoms with Crippen LogP contribution in [0.15, 0.2) is 77.9 Å². The van der Waals surface area contributed by atoms with Crippen LogP contribution in [-0.4, -0.2) is 17.0 Å². The van der Waals surface area contributed by atoms with Crippen molar-refractivity contribution < 1.29 is 14.5 Å². The monoisotopic (exact) mass is 423 g/mol. The molecular formula is C22H18ClN3O4. The molecule has 0 heterocycles. The maximum absolute atomic E-state index is 12.0. The number of amides is 1. The molecule has 0 saturated carbocycles. The van der Waals surface area contributed by atoms with E-state index in [4.69, 9.17) is 16.3 Å². The zero-order valence-corrected chi connectivity index (χ0v) is 16.6. The predicted octanol–water partition coefficient (Wildman–Crippen LogP) is 4.52. The van der Waals surface area contributed by atoms with Gasteiger partial charge in [0.2, 0.25) is 5.91 Å². The lowest BCUT2D eigenvalue weighted by Crippen LogP contribution is -2.20. The smallest absolute Gasteiger partial charge is 0.273 e. The molecule has 0 spiro atoms. The molecule has 8 heteroatoms. The number of nitro benzene ring substituents is 1. The molecular weight excluding hydrogens is 406 g/mol. The number of nitro groups is 1. The Morgan fingerprint density at radius 3 is 2.47 bits per heavy atom. The molecule has 3 rings (SSSR count). The molecule has 0 unspecified atom stereocenters. The third-order valence-electron chi connectivity index (χ3n) is 4.14. The third-order valence-corrected chi connectivity index (χ3v) is 4.39. The van der Waals surface area contributed by atoms with Crippen molar-refractivity contribution in [2.24, 2.45) is 5.10 Å². The van der Waals surface area contributed by atoms with Gasteiger partial charge in [-0.05, 0) is 47.5 Å². The minimum Gasteiger partial charge on any atom is -0.489 e. The van der Waals surface area contributed by atoms with Crippen LogP contribution >= 0.6 is 11.6 Å². The molecule has 0 aliphatic rings. The Bertz CT molecular complexity index is 1050. The van der Waals surface area contributed by atoms with Gasteiger partial charge >= 0.3 is 0 Å². The minimum atomic E-state index is -0.511. The summed E-state index contributed by atoms with van der Waals surface area (Å²) >= 11 is 5.86. The second-order valence-electron chi connectivity index (χ2n) is 6.34. The summed E-state index contributed by atoms with van der Waals surface area (Å²) < 4.78 is 5.71. The number of benzene rings is 3. The number of hydrogen-bond acceptors (Lipinski definition) is 5. The van der Waals surface area contributed by atoms with Gasteiger partial charge < -0.3 is 4.74 Å². The van der Waals surface area contributed by atoms with Gasteiger partial charge in [-0.2, -0.15) is 5.10 Å². The first-order chi connectivity index (χ1) is 14.5. The van der Waals surface area contributed by atoms with Crippen LogP contribution in [-0.2, 0) is 17.8 Å². The van der Waals surface area contributed by atoms with Crippen LogP contribution < -0.4 is 10.2 Å². The van der Waals surface area contributed by atoms with E-state index in [1.165, 1.54) is 12.3 Å². The molecule has 0 aromatic heterocycles. The normalized spacial score (nSPS) is 10.7. The first-order valence-electron chi connectivity index (χ1n) is 9.03. The van der Waals surface area contributed by atoms with Crippen LogP contribution in [0.4, 0.5) is 5.69 Å². The minimum absolute atomic E-state index is 0.0918. The van der Waals surface area contributed by atoms with Crippen molar-refractivity contribution >= 4 is 29.4 Å². The number of halogens is 1. The Morgan fingerprint density at radius 1 is 1.07 bits per heavy atom. The van der Waals surface area contributed by atoms with E-state index in [0.29, 0.717) is 22.9 Å². The van der Waals surface area contributed by atoms with E-state index in [1.54, 1.807) is 42.5 Å². The lowest BCUT2D eigenvalue weighted by atomic mass is 10.1. The molecule has 1 amide bonds. The average Bonchev–Trinajstić information content (AvgIpc) is 2.74. The molecule has 30 heavy (non-hydrogen) atoms. The van der Waals surface area contributed by atoms with E-state index in [9.17, 15) is 14.9 Å². The average molecular weight is 424 g/mol. The molecule has 0 saturated heterocycles. The second kappa shape index (κ2) is 10.2. The van der Waals surface area contributed by atoms with Gasteiger partial charge in [0.15, 0.2) is 0 Å². The number of hydrogen-bond donors (Lipinski definition) is 1. The number of carbonyl (C=O) groups is 1. The molecule has 152 valence electrons. The quantitative estimate of drug-likeness (QED) is 0.327. The Balaban J connectivity index is 1.49. The van der Waals surface area contributed by atoms with Gasteiger partial charge in [0.25, 0.3) is 5.69 Å². The molecule has 0 aliphatic heterocycles. The Hall–Kier alpha value is -3.71. The number of hydrazone groups is 1. The second-order valence-corrected chi connectivity index (χ2v) is 6.78. The molecule has 7 nitrogen and oxygen atoms in total. The highest BCUT2D eigenvalue weighted by molar-refractivity contribution is 6.30. The topological polar surface area (TPSA) is 93.8 Å². The molecule has 0 atom stereocenters. The maximum atomic E-state index is 12.0. The van der Waals surface area contributed by atoms with E-state index in [0.717, 1.165) is 11.1 Å². The van der Waals surface area contributed by atoms with Gasteiger partial charge in [-0.15, -0.1) is 0 Å². The van der Waals surface area contributed by atoms with Crippen LogP contribution in [0.2, 0.25) is 5.02 Å². The summed E-state index contributed by atoms with van der Waals surface area (Å²) in [5.74, 6) is 0.256. The van der Waals surface area contributed by atoms with Crippen LogP contribution in [0.3, 0.4) is 0 Å². The van der Waals surface area contributed by atoms with Gasteiger partial charge in [0.05, 0.1) is 17.6 Å². The lowest BCUT2D eigenvalue weighted by Gasteiger charge is -2.06. The standard InChI is InChI=1S/C22H18ClN3O4/c23-19-9-5-17(6-10-19)15-30-20-11-7-16(8-12-20)14-24-25-22(27)13-18-3-1-2-4-21(18)26(28)29/h1-12,14H,13,15H2,(H,25,27)/b24-14+. The van der Waals surface area contributed by atoms with Crippen LogP contribution in [0.1, 0.15) is 16.7 Å². The fraction of sp³-hybridized carbons (Fsp3) is 0.0909. The summed E-state index contributed by atoms with van der Waals surface area (Å²) in [6.07, 6.45) is 1.35. The first kappa shape index (κ1) is 21.0. The number of nitrogens with one attached hydrogen (secondary N) is 1. The van der Waals surface area contributed by atoms with Crippen LogP contribution in [0.25, 0.3) is 0 Å². The van der Waals surface area contributed by atoms with E-state index in [-0.39, 0.29) is 12.1 Å². The van der Waals surface area contributed by atoms with Crippen molar-refractivity contribution in [1.82, 2.24) is 5.43 Å². The number of rotatable bonds is 8. The molecule has 1 N–H and O–H groups in total. The molecule has 0 radical (unpaired) electrons. The van der Waals surface area contributed by atoms with Crippen molar-refractivity contribution in [3.05, 3.63) is 105 Å². The zero-order chi connectivity index (χ0) is 21.3. The summed E-state index contributed by atoms with van der Waals surface area (Å²) in [6.45, 7) is 0.423. The van der Waals surface area contributed by atoms with Gasteiger partial charge in [0.1, 0.15) is 12.4 Å². The van der Waals surface area contributed by atoms with E-state index < -0.39 is 10.8 Å². The predicted molar refractivity (Wildman–Crippen MR) is 115 cm³/mol. The fourth-order valence-corrected chi connectivity index (χ4v) is 2.75. The summed E-state index contributed by atoms with van der Waals surface area (Å²) in [6, 6.07) is 20.7. The number of nitrogens with zero attached hydrogens (tertiary/aromatic N) is 2. The van der Waals surface area contributed by atoms with Gasteiger partial charge in [-0.1, -0.05) is 41.9 Å². The highest BCUT2D eigenvalue weighted by Gasteiger charge is 2.14. The van der Waals surface area contributed by atoms with E-state index in [1.807, 2.05) is 24.3 Å². The summed E-state index contributed by atoms with van der Waals surface area (Å²) in [7, 11) is 0. The first-order valence-corrected chi connectivity index (χ1v) is 9.40. The Labute approximate surface area is 178 Å². The fourth-order valence-electron chi connectivity index (χ4n) is 2.63. The van der Waals surface area contributed by atoms with Crippen molar-refractivity contribution in [1.29, 1.82) is 0 Å². The molecule has 0 bridgehead atoms. The number of para-hydroxylation sites is 1. The van der Waals surface area contributed by atoms with Gasteiger partial charge in [0, 0.05) is 16.7 Å². The van der Waals surface area contributed by atoms with Crippen molar-refractivity contribution in [2.45, 2.75) is 13.0 Å².